The third-order valence-electron chi connectivity index (χ3n) is 4.23. The van der Waals surface area contributed by atoms with Crippen LogP contribution in [-0.2, 0) is 16.0 Å². The number of aromatic nitrogens is 1. The van der Waals surface area contributed by atoms with E-state index in [1.54, 1.807) is 18.3 Å². The highest BCUT2D eigenvalue weighted by atomic mass is 16.5. The lowest BCUT2D eigenvalue weighted by molar-refractivity contribution is -0.146. The number of nitriles is 1. The molecule has 1 aromatic carbocycles. The third-order valence-corrected chi connectivity index (χ3v) is 4.23. The molecule has 1 aromatic heterocycles. The molecule has 0 radical (unpaired) electrons. The number of nitrogens with zero attached hydrogens (tertiary/aromatic N) is 2. The SMILES string of the molecule is CC(=O)O[C@H]1CCc2cc(OCCCNc3ccc(C#N)cn3)ccc21. The molecule has 0 saturated heterocycles. The summed E-state index contributed by atoms with van der Waals surface area (Å²) in [6, 6.07) is 11.5. The number of rotatable bonds is 7. The highest BCUT2D eigenvalue weighted by Crippen LogP contribution is 2.36. The van der Waals surface area contributed by atoms with Crippen molar-refractivity contribution < 1.29 is 14.3 Å². The summed E-state index contributed by atoms with van der Waals surface area (Å²) >= 11 is 0. The van der Waals surface area contributed by atoms with Gasteiger partial charge in [-0.2, -0.15) is 5.26 Å². The molecule has 1 heterocycles. The quantitative estimate of drug-likeness (QED) is 0.608. The summed E-state index contributed by atoms with van der Waals surface area (Å²) in [4.78, 5) is 15.3. The molecule has 0 saturated carbocycles. The Balaban J connectivity index is 1.43. The zero-order valence-corrected chi connectivity index (χ0v) is 14.7. The maximum atomic E-state index is 11.1. The zero-order chi connectivity index (χ0) is 18.4. The predicted molar refractivity (Wildman–Crippen MR) is 96.8 cm³/mol. The molecule has 0 amide bonds. The van der Waals surface area contributed by atoms with E-state index in [1.807, 2.05) is 24.3 Å². The second kappa shape index (κ2) is 8.34. The van der Waals surface area contributed by atoms with Crippen LogP contribution < -0.4 is 10.1 Å². The van der Waals surface area contributed by atoms with E-state index < -0.39 is 0 Å². The van der Waals surface area contributed by atoms with Gasteiger partial charge in [0.05, 0.1) is 12.2 Å². The van der Waals surface area contributed by atoms with Gasteiger partial charge in [0.25, 0.3) is 0 Å². The van der Waals surface area contributed by atoms with Gasteiger partial charge in [0.2, 0.25) is 0 Å². The minimum Gasteiger partial charge on any atom is -0.494 e. The van der Waals surface area contributed by atoms with E-state index in [2.05, 4.69) is 10.3 Å². The molecular weight excluding hydrogens is 330 g/mol. The van der Waals surface area contributed by atoms with E-state index in [0.717, 1.165) is 42.9 Å². The molecule has 1 aliphatic rings. The Bertz CT molecular complexity index is 812. The van der Waals surface area contributed by atoms with Crippen molar-refractivity contribution in [2.45, 2.75) is 32.3 Å². The lowest BCUT2D eigenvalue weighted by Crippen LogP contribution is -2.08. The number of esters is 1. The first kappa shape index (κ1) is 17.7. The largest absolute Gasteiger partial charge is 0.494 e. The number of hydrogen-bond acceptors (Lipinski definition) is 6. The van der Waals surface area contributed by atoms with Crippen LogP contribution in [0.3, 0.4) is 0 Å². The monoisotopic (exact) mass is 351 g/mol. The molecule has 3 rings (SSSR count). The third kappa shape index (κ3) is 4.51. The summed E-state index contributed by atoms with van der Waals surface area (Å²) in [7, 11) is 0. The number of carbonyl (C=O) groups excluding carboxylic acids is 1. The zero-order valence-electron chi connectivity index (χ0n) is 14.7. The smallest absolute Gasteiger partial charge is 0.303 e. The van der Waals surface area contributed by atoms with Gasteiger partial charge in [0, 0.05) is 19.7 Å². The number of benzene rings is 1. The first-order valence-electron chi connectivity index (χ1n) is 8.68. The lowest BCUT2D eigenvalue weighted by atomic mass is 10.1. The average Bonchev–Trinajstić information content (AvgIpc) is 3.03. The Morgan fingerprint density at radius 3 is 3.00 bits per heavy atom. The lowest BCUT2D eigenvalue weighted by Gasteiger charge is -2.13. The summed E-state index contributed by atoms with van der Waals surface area (Å²) in [6.45, 7) is 2.77. The fraction of sp³-hybridized carbons (Fsp3) is 0.350. The number of carbonyl (C=O) groups is 1. The Kier molecular flexibility index (Phi) is 5.69. The van der Waals surface area contributed by atoms with Gasteiger partial charge in [-0.1, -0.05) is 6.07 Å². The van der Waals surface area contributed by atoms with Gasteiger partial charge in [0.15, 0.2) is 0 Å². The normalized spacial score (nSPS) is 15.0. The van der Waals surface area contributed by atoms with Crippen LogP contribution >= 0.6 is 0 Å². The van der Waals surface area contributed by atoms with Crippen LogP contribution in [0, 0.1) is 11.3 Å². The van der Waals surface area contributed by atoms with Crippen molar-refractivity contribution in [3.8, 4) is 11.8 Å². The van der Waals surface area contributed by atoms with Crippen LogP contribution in [0.15, 0.2) is 36.5 Å². The summed E-state index contributed by atoms with van der Waals surface area (Å²) < 4.78 is 11.1. The van der Waals surface area contributed by atoms with Gasteiger partial charge < -0.3 is 14.8 Å². The molecule has 6 nitrogen and oxygen atoms in total. The number of nitrogens with one attached hydrogen (secondary N) is 1. The highest BCUT2D eigenvalue weighted by molar-refractivity contribution is 5.66. The molecule has 26 heavy (non-hydrogen) atoms. The molecule has 0 unspecified atom stereocenters. The van der Waals surface area contributed by atoms with Crippen molar-refractivity contribution in [1.29, 1.82) is 5.26 Å². The van der Waals surface area contributed by atoms with E-state index >= 15 is 0 Å². The summed E-state index contributed by atoms with van der Waals surface area (Å²) in [6.07, 6.45) is 3.98. The number of aryl methyl sites for hydroxylation is 1. The fourth-order valence-electron chi connectivity index (χ4n) is 3.01. The van der Waals surface area contributed by atoms with Crippen molar-refractivity contribution in [3.05, 3.63) is 53.2 Å². The van der Waals surface area contributed by atoms with Crippen LogP contribution in [0.25, 0.3) is 0 Å². The topological polar surface area (TPSA) is 84.2 Å². The van der Waals surface area contributed by atoms with E-state index in [1.165, 1.54) is 12.5 Å². The summed E-state index contributed by atoms with van der Waals surface area (Å²) in [5, 5.41) is 11.9. The van der Waals surface area contributed by atoms with Crippen LogP contribution in [0.1, 0.15) is 42.6 Å². The van der Waals surface area contributed by atoms with Crippen molar-refractivity contribution in [3.63, 3.8) is 0 Å². The number of hydrogen-bond donors (Lipinski definition) is 1. The fourth-order valence-corrected chi connectivity index (χ4v) is 3.01. The standard InChI is InChI=1S/C20H21N3O3/c1-14(24)26-19-7-4-16-11-17(5-6-18(16)19)25-10-2-9-22-20-8-3-15(12-21)13-23-20/h3,5-6,8,11,13,19H,2,4,7,9-10H2,1H3,(H,22,23)/t19-/m0/s1. The Hall–Kier alpha value is -3.07. The number of anilines is 1. The number of fused-ring (bicyclic) bond motifs is 1. The Morgan fingerprint density at radius 1 is 1.38 bits per heavy atom. The van der Waals surface area contributed by atoms with E-state index in [-0.39, 0.29) is 12.1 Å². The first-order valence-corrected chi connectivity index (χ1v) is 8.68. The molecule has 1 atom stereocenters. The highest BCUT2D eigenvalue weighted by Gasteiger charge is 2.25. The van der Waals surface area contributed by atoms with Crippen LogP contribution in [0.2, 0.25) is 0 Å². The maximum Gasteiger partial charge on any atom is 0.303 e. The van der Waals surface area contributed by atoms with Gasteiger partial charge in [-0.05, 0) is 54.7 Å². The van der Waals surface area contributed by atoms with Gasteiger partial charge in [-0.15, -0.1) is 0 Å². The van der Waals surface area contributed by atoms with Gasteiger partial charge >= 0.3 is 5.97 Å². The second-order valence-electron chi connectivity index (χ2n) is 6.17. The predicted octanol–water partition coefficient (Wildman–Crippen LogP) is 3.38. The van der Waals surface area contributed by atoms with Crippen molar-refractivity contribution in [1.82, 2.24) is 4.98 Å². The van der Waals surface area contributed by atoms with E-state index in [9.17, 15) is 4.79 Å². The molecule has 6 heteroatoms. The summed E-state index contributed by atoms with van der Waals surface area (Å²) in [5.41, 5.74) is 2.82. The van der Waals surface area contributed by atoms with E-state index in [4.69, 9.17) is 14.7 Å². The Labute approximate surface area is 152 Å². The van der Waals surface area contributed by atoms with Crippen molar-refractivity contribution in [2.24, 2.45) is 0 Å². The van der Waals surface area contributed by atoms with Crippen molar-refractivity contribution >= 4 is 11.8 Å². The van der Waals surface area contributed by atoms with Crippen LogP contribution in [-0.4, -0.2) is 24.1 Å². The second-order valence-corrected chi connectivity index (χ2v) is 6.17. The van der Waals surface area contributed by atoms with E-state index in [0.29, 0.717) is 12.2 Å². The summed E-state index contributed by atoms with van der Waals surface area (Å²) in [5.74, 6) is 1.34. The molecule has 0 spiro atoms. The molecule has 134 valence electrons. The first-order chi connectivity index (χ1) is 12.7. The van der Waals surface area contributed by atoms with Gasteiger partial charge in [0.1, 0.15) is 23.7 Å². The molecule has 0 fully saturated rings. The van der Waals surface area contributed by atoms with Gasteiger partial charge in [-0.3, -0.25) is 4.79 Å². The average molecular weight is 351 g/mol. The minimum absolute atomic E-state index is 0.124. The molecule has 2 aromatic rings. The van der Waals surface area contributed by atoms with Crippen LogP contribution in [0.4, 0.5) is 5.82 Å². The molecule has 0 bridgehead atoms. The number of pyridine rings is 1. The maximum absolute atomic E-state index is 11.1. The minimum atomic E-state index is -0.243. The van der Waals surface area contributed by atoms with Crippen molar-refractivity contribution in [2.75, 3.05) is 18.5 Å². The number of ether oxygens (including phenoxy) is 2. The van der Waals surface area contributed by atoms with Crippen LogP contribution in [0.5, 0.6) is 5.75 Å². The molecule has 0 aliphatic heterocycles. The molecular formula is C20H21N3O3. The Morgan fingerprint density at radius 2 is 2.27 bits per heavy atom. The molecule has 1 aliphatic carbocycles. The molecule has 1 N–H and O–H groups in total. The van der Waals surface area contributed by atoms with Gasteiger partial charge in [-0.25, -0.2) is 4.98 Å².